The summed E-state index contributed by atoms with van der Waals surface area (Å²) >= 11 is 0. The molecule has 110 valence electrons. The molecule has 20 heavy (non-hydrogen) atoms. The van der Waals surface area contributed by atoms with Crippen LogP contribution in [0.4, 0.5) is 0 Å². The first-order valence-corrected chi connectivity index (χ1v) is 6.88. The molecule has 0 bridgehead atoms. The summed E-state index contributed by atoms with van der Waals surface area (Å²) in [5, 5.41) is 21.0. The number of carbonyl (C=O) groups is 2. The number of nitrogens with one attached hydrogen (secondary N) is 1. The molecule has 1 saturated heterocycles. The quantitative estimate of drug-likeness (QED) is 0.580. The lowest BCUT2D eigenvalue weighted by Gasteiger charge is -2.29. The zero-order valence-electron chi connectivity index (χ0n) is 11.9. The van der Waals surface area contributed by atoms with E-state index in [1.165, 1.54) is 6.20 Å². The monoisotopic (exact) mass is 279 g/mol. The average molecular weight is 279 g/mol. The first-order chi connectivity index (χ1) is 9.49. The summed E-state index contributed by atoms with van der Waals surface area (Å²) in [5.74, 6) is -1.52. The maximum Gasteiger partial charge on any atom is 0.306 e. The second kappa shape index (κ2) is 7.53. The predicted octanol–water partition coefficient (Wildman–Crippen LogP) is 1.11. The number of carboxylic acid groups (broad SMARTS) is 1. The van der Waals surface area contributed by atoms with Crippen molar-refractivity contribution in [1.82, 2.24) is 10.2 Å². The molecular weight excluding hydrogens is 258 g/mol. The van der Waals surface area contributed by atoms with Gasteiger partial charge in [-0.3, -0.25) is 9.59 Å². The smallest absolute Gasteiger partial charge is 0.306 e. The number of hydrogen-bond donors (Lipinski definition) is 2. The molecule has 1 unspecified atom stereocenters. The fourth-order valence-corrected chi connectivity index (χ4v) is 1.99. The number of aliphatic carboxylic acids is 1. The van der Waals surface area contributed by atoms with Gasteiger partial charge in [-0.05, 0) is 26.2 Å². The van der Waals surface area contributed by atoms with Crippen LogP contribution in [0.5, 0.6) is 0 Å². The summed E-state index contributed by atoms with van der Waals surface area (Å²) in [5.41, 5.74) is 0.0686. The molecule has 0 aromatic carbocycles. The molecule has 0 saturated carbocycles. The summed E-state index contributed by atoms with van der Waals surface area (Å²) < 4.78 is 0. The van der Waals surface area contributed by atoms with Crippen molar-refractivity contribution in [1.29, 1.82) is 5.26 Å². The van der Waals surface area contributed by atoms with E-state index < -0.39 is 5.97 Å². The highest BCUT2D eigenvalue weighted by atomic mass is 16.4. The molecule has 2 N–H and O–H groups in total. The van der Waals surface area contributed by atoms with Crippen molar-refractivity contribution in [2.24, 2.45) is 5.92 Å². The SMILES string of the molecule is CCC(C)N/C=C(/C#N)C(=O)N1CCC(C(=O)O)CC1. The van der Waals surface area contributed by atoms with Crippen LogP contribution in [-0.4, -0.2) is 41.0 Å². The van der Waals surface area contributed by atoms with Crippen molar-refractivity contribution in [3.8, 4) is 6.07 Å². The van der Waals surface area contributed by atoms with Crippen LogP contribution in [-0.2, 0) is 9.59 Å². The molecule has 0 aromatic rings. The van der Waals surface area contributed by atoms with Crippen LogP contribution in [0.3, 0.4) is 0 Å². The molecule has 1 aliphatic heterocycles. The zero-order chi connectivity index (χ0) is 15.1. The van der Waals surface area contributed by atoms with Crippen molar-refractivity contribution >= 4 is 11.9 Å². The van der Waals surface area contributed by atoms with E-state index in [1.54, 1.807) is 4.90 Å². The molecule has 1 rings (SSSR count). The number of rotatable bonds is 5. The van der Waals surface area contributed by atoms with Crippen molar-refractivity contribution in [3.63, 3.8) is 0 Å². The summed E-state index contributed by atoms with van der Waals surface area (Å²) in [7, 11) is 0. The minimum Gasteiger partial charge on any atom is -0.481 e. The third kappa shape index (κ3) is 4.26. The van der Waals surface area contributed by atoms with E-state index in [2.05, 4.69) is 5.32 Å². The molecule has 6 nitrogen and oxygen atoms in total. The number of carboxylic acids is 1. The van der Waals surface area contributed by atoms with Gasteiger partial charge in [-0.15, -0.1) is 0 Å². The Hall–Kier alpha value is -2.03. The van der Waals surface area contributed by atoms with Crippen LogP contribution in [0.1, 0.15) is 33.1 Å². The van der Waals surface area contributed by atoms with Gasteiger partial charge in [0, 0.05) is 25.3 Å². The number of nitriles is 1. The number of amides is 1. The summed E-state index contributed by atoms with van der Waals surface area (Å²) in [6.45, 7) is 4.75. The first kappa shape index (κ1) is 16.0. The lowest BCUT2D eigenvalue weighted by molar-refractivity contribution is -0.145. The summed E-state index contributed by atoms with van der Waals surface area (Å²) in [6, 6.07) is 2.10. The van der Waals surface area contributed by atoms with Gasteiger partial charge in [0.25, 0.3) is 5.91 Å². The van der Waals surface area contributed by atoms with E-state index in [9.17, 15) is 9.59 Å². The number of piperidine rings is 1. The normalized spacial score (nSPS) is 18.2. The Balaban J connectivity index is 2.60. The zero-order valence-corrected chi connectivity index (χ0v) is 11.9. The van der Waals surface area contributed by atoms with E-state index in [4.69, 9.17) is 10.4 Å². The molecule has 0 aromatic heterocycles. The number of hydrogen-bond acceptors (Lipinski definition) is 4. The Labute approximate surface area is 119 Å². The van der Waals surface area contributed by atoms with E-state index in [-0.39, 0.29) is 23.4 Å². The van der Waals surface area contributed by atoms with Crippen LogP contribution in [0, 0.1) is 17.2 Å². The van der Waals surface area contributed by atoms with Gasteiger partial charge in [-0.25, -0.2) is 0 Å². The maximum absolute atomic E-state index is 12.2. The van der Waals surface area contributed by atoms with Crippen LogP contribution in [0.25, 0.3) is 0 Å². The van der Waals surface area contributed by atoms with Crippen molar-refractivity contribution < 1.29 is 14.7 Å². The van der Waals surface area contributed by atoms with Gasteiger partial charge >= 0.3 is 5.97 Å². The predicted molar refractivity (Wildman–Crippen MR) is 73.5 cm³/mol. The Morgan fingerprint density at radius 1 is 1.50 bits per heavy atom. The number of nitrogens with zero attached hydrogens (tertiary/aromatic N) is 2. The van der Waals surface area contributed by atoms with Crippen LogP contribution in [0.15, 0.2) is 11.8 Å². The molecule has 1 atom stereocenters. The lowest BCUT2D eigenvalue weighted by atomic mass is 9.97. The van der Waals surface area contributed by atoms with Crippen LogP contribution < -0.4 is 5.32 Å². The molecule has 1 heterocycles. The standard InChI is InChI=1S/C14H21N3O3/c1-3-10(2)16-9-12(8-15)13(18)17-6-4-11(5-7-17)14(19)20/h9-11,16H,3-7H2,1-2H3,(H,19,20)/b12-9-. The molecule has 1 amide bonds. The number of carbonyl (C=O) groups excluding carboxylic acids is 1. The topological polar surface area (TPSA) is 93.4 Å². The molecule has 0 radical (unpaired) electrons. The highest BCUT2D eigenvalue weighted by Crippen LogP contribution is 2.18. The van der Waals surface area contributed by atoms with Crippen molar-refractivity contribution in [2.75, 3.05) is 13.1 Å². The van der Waals surface area contributed by atoms with Gasteiger partial charge in [0.05, 0.1) is 5.92 Å². The molecule has 6 heteroatoms. The average Bonchev–Trinajstić information content (AvgIpc) is 2.47. The third-order valence-electron chi connectivity index (χ3n) is 3.61. The number of likely N-dealkylation sites (tertiary alicyclic amines) is 1. The lowest BCUT2D eigenvalue weighted by Crippen LogP contribution is -2.41. The van der Waals surface area contributed by atoms with E-state index in [1.807, 2.05) is 19.9 Å². The Morgan fingerprint density at radius 2 is 2.10 bits per heavy atom. The molecule has 1 fully saturated rings. The van der Waals surface area contributed by atoms with Gasteiger partial charge < -0.3 is 15.3 Å². The largest absolute Gasteiger partial charge is 0.481 e. The minimum atomic E-state index is -0.813. The van der Waals surface area contributed by atoms with Gasteiger partial charge in [0.15, 0.2) is 0 Å². The molecule has 0 aliphatic carbocycles. The van der Waals surface area contributed by atoms with Gasteiger partial charge in [-0.2, -0.15) is 5.26 Å². The van der Waals surface area contributed by atoms with E-state index >= 15 is 0 Å². The Morgan fingerprint density at radius 3 is 2.55 bits per heavy atom. The second-order valence-corrected chi connectivity index (χ2v) is 5.05. The molecule has 1 aliphatic rings. The van der Waals surface area contributed by atoms with Crippen LogP contribution >= 0.6 is 0 Å². The fourth-order valence-electron chi connectivity index (χ4n) is 1.99. The van der Waals surface area contributed by atoms with Gasteiger partial charge in [0.2, 0.25) is 0 Å². The van der Waals surface area contributed by atoms with Crippen molar-refractivity contribution in [3.05, 3.63) is 11.8 Å². The van der Waals surface area contributed by atoms with Crippen LogP contribution in [0.2, 0.25) is 0 Å². The third-order valence-corrected chi connectivity index (χ3v) is 3.61. The van der Waals surface area contributed by atoms with Crippen molar-refractivity contribution in [2.45, 2.75) is 39.2 Å². The maximum atomic E-state index is 12.2. The van der Waals surface area contributed by atoms with E-state index in [0.717, 1.165) is 6.42 Å². The summed E-state index contributed by atoms with van der Waals surface area (Å²) in [4.78, 5) is 24.6. The fraction of sp³-hybridized carbons (Fsp3) is 0.643. The molecular formula is C14H21N3O3. The minimum absolute atomic E-state index is 0.0686. The second-order valence-electron chi connectivity index (χ2n) is 5.05. The highest BCUT2D eigenvalue weighted by molar-refractivity contribution is 5.97. The Bertz CT molecular complexity index is 431. The van der Waals surface area contributed by atoms with Gasteiger partial charge in [-0.1, -0.05) is 6.92 Å². The molecule has 0 spiro atoms. The Kier molecular flexibility index (Phi) is 6.04. The highest BCUT2D eigenvalue weighted by Gasteiger charge is 2.28. The van der Waals surface area contributed by atoms with E-state index in [0.29, 0.717) is 25.9 Å². The van der Waals surface area contributed by atoms with Gasteiger partial charge in [0.1, 0.15) is 11.6 Å². The first-order valence-electron chi connectivity index (χ1n) is 6.88. The summed E-state index contributed by atoms with van der Waals surface area (Å²) in [6.07, 6.45) is 3.24.